The molecule has 13 heavy (non-hydrogen) atoms. The van der Waals surface area contributed by atoms with Crippen molar-refractivity contribution < 1.29 is 0 Å². The second-order valence-electron chi connectivity index (χ2n) is 3.09. The number of nitriles is 1. The van der Waals surface area contributed by atoms with Crippen LogP contribution in [0.1, 0.15) is 5.69 Å². The van der Waals surface area contributed by atoms with E-state index < -0.39 is 0 Å². The Balaban J connectivity index is 2.36. The topological polar surface area (TPSA) is 44.9 Å². The van der Waals surface area contributed by atoms with Gasteiger partial charge in [-0.2, -0.15) is 10.4 Å². The summed E-state index contributed by atoms with van der Waals surface area (Å²) in [4.78, 5) is 1.99. The largest absolute Gasteiger partial charge is 0.293 e. The van der Waals surface area contributed by atoms with Gasteiger partial charge in [0.05, 0.1) is 12.6 Å². The molecule has 1 aromatic heterocycles. The molecule has 1 heterocycles. The summed E-state index contributed by atoms with van der Waals surface area (Å²) >= 11 is 0. The number of likely N-dealkylation sites (N-methyl/N-ethyl adjacent to an activating group) is 1. The lowest BCUT2D eigenvalue weighted by molar-refractivity contribution is 0.375. The molecule has 4 nitrogen and oxygen atoms in total. The molecule has 0 saturated carbocycles. The Hall–Kier alpha value is -1.34. The van der Waals surface area contributed by atoms with Crippen LogP contribution in [0.5, 0.6) is 0 Å². The highest BCUT2D eigenvalue weighted by Gasteiger charge is 2.00. The molecule has 0 N–H and O–H groups in total. The van der Waals surface area contributed by atoms with Gasteiger partial charge in [-0.1, -0.05) is 0 Å². The van der Waals surface area contributed by atoms with Gasteiger partial charge in [0.25, 0.3) is 0 Å². The van der Waals surface area contributed by atoms with Gasteiger partial charge in [0.15, 0.2) is 0 Å². The van der Waals surface area contributed by atoms with Crippen LogP contribution >= 0.6 is 0 Å². The predicted molar refractivity (Wildman–Crippen MR) is 50.0 cm³/mol. The van der Waals surface area contributed by atoms with Crippen molar-refractivity contribution >= 4 is 0 Å². The van der Waals surface area contributed by atoms with E-state index in [0.29, 0.717) is 6.54 Å². The predicted octanol–water partition coefficient (Wildman–Crippen LogP) is 0.418. The highest BCUT2D eigenvalue weighted by Crippen LogP contribution is 1.98. The first kappa shape index (κ1) is 9.75. The van der Waals surface area contributed by atoms with E-state index in [1.807, 2.05) is 29.7 Å². The van der Waals surface area contributed by atoms with Crippen molar-refractivity contribution in [3.8, 4) is 6.07 Å². The van der Waals surface area contributed by atoms with E-state index in [2.05, 4.69) is 11.2 Å². The van der Waals surface area contributed by atoms with E-state index in [1.54, 1.807) is 6.20 Å². The molecule has 70 valence electrons. The van der Waals surface area contributed by atoms with Crippen LogP contribution in [0.3, 0.4) is 0 Å². The summed E-state index contributed by atoms with van der Waals surface area (Å²) in [5.41, 5.74) is 1.20. The van der Waals surface area contributed by atoms with Gasteiger partial charge >= 0.3 is 0 Å². The van der Waals surface area contributed by atoms with Crippen LogP contribution < -0.4 is 0 Å². The molecule has 0 amide bonds. The maximum Gasteiger partial charge on any atom is 0.0863 e. The standard InChI is InChI=1S/C9H14N4/c1-12(8-5-10)7-4-9-3-6-11-13(9)2/h3,6H,4,7-8H2,1-2H3. The fourth-order valence-electron chi connectivity index (χ4n) is 1.15. The van der Waals surface area contributed by atoms with E-state index in [0.717, 1.165) is 13.0 Å². The van der Waals surface area contributed by atoms with Crippen LogP contribution in [0.15, 0.2) is 12.3 Å². The summed E-state index contributed by atoms with van der Waals surface area (Å²) in [5, 5.41) is 12.5. The number of aryl methyl sites for hydroxylation is 1. The maximum atomic E-state index is 8.44. The van der Waals surface area contributed by atoms with Crippen molar-refractivity contribution in [2.75, 3.05) is 20.1 Å². The van der Waals surface area contributed by atoms with Crippen LogP contribution in [0.4, 0.5) is 0 Å². The number of hydrogen-bond donors (Lipinski definition) is 0. The molecule has 0 aliphatic carbocycles. The van der Waals surface area contributed by atoms with E-state index in [-0.39, 0.29) is 0 Å². The third-order valence-electron chi connectivity index (χ3n) is 2.01. The van der Waals surface area contributed by atoms with Gasteiger partial charge in [-0.25, -0.2) is 0 Å². The van der Waals surface area contributed by atoms with Crippen molar-refractivity contribution in [3.05, 3.63) is 18.0 Å². The van der Waals surface area contributed by atoms with Crippen molar-refractivity contribution in [1.29, 1.82) is 5.26 Å². The Bertz CT molecular complexity index is 297. The van der Waals surface area contributed by atoms with E-state index >= 15 is 0 Å². The molecule has 0 fully saturated rings. The van der Waals surface area contributed by atoms with E-state index in [4.69, 9.17) is 5.26 Å². The second kappa shape index (κ2) is 4.63. The molecular weight excluding hydrogens is 164 g/mol. The third-order valence-corrected chi connectivity index (χ3v) is 2.01. The Morgan fingerprint density at radius 1 is 1.69 bits per heavy atom. The monoisotopic (exact) mass is 178 g/mol. The lowest BCUT2D eigenvalue weighted by Gasteiger charge is -2.11. The number of nitrogens with zero attached hydrogens (tertiary/aromatic N) is 4. The van der Waals surface area contributed by atoms with Crippen molar-refractivity contribution in [2.45, 2.75) is 6.42 Å². The van der Waals surface area contributed by atoms with Crippen molar-refractivity contribution in [2.24, 2.45) is 7.05 Å². The average molecular weight is 178 g/mol. The Morgan fingerprint density at radius 2 is 2.46 bits per heavy atom. The molecule has 0 aromatic carbocycles. The highest BCUT2D eigenvalue weighted by atomic mass is 15.3. The first-order valence-electron chi connectivity index (χ1n) is 4.26. The molecule has 0 aliphatic heterocycles. The minimum atomic E-state index is 0.484. The molecule has 0 unspecified atom stereocenters. The van der Waals surface area contributed by atoms with Crippen LogP contribution in [0, 0.1) is 11.3 Å². The molecule has 1 aromatic rings. The second-order valence-corrected chi connectivity index (χ2v) is 3.09. The SMILES string of the molecule is CN(CC#N)CCc1ccnn1C. The normalized spacial score (nSPS) is 10.3. The molecule has 1 rings (SSSR count). The highest BCUT2D eigenvalue weighted by molar-refractivity contribution is 5.00. The summed E-state index contributed by atoms with van der Waals surface area (Å²) in [5.74, 6) is 0. The molecule has 0 radical (unpaired) electrons. The Kier molecular flexibility index (Phi) is 3.47. The molecule has 0 bridgehead atoms. The van der Waals surface area contributed by atoms with Crippen LogP contribution in [0.2, 0.25) is 0 Å². The van der Waals surface area contributed by atoms with Crippen molar-refractivity contribution in [1.82, 2.24) is 14.7 Å². The van der Waals surface area contributed by atoms with Gasteiger partial charge in [-0.3, -0.25) is 9.58 Å². The average Bonchev–Trinajstić information content (AvgIpc) is 2.48. The van der Waals surface area contributed by atoms with E-state index in [9.17, 15) is 0 Å². The molecule has 4 heteroatoms. The molecule has 0 aliphatic rings. The Labute approximate surface area is 78.4 Å². The van der Waals surface area contributed by atoms with Crippen molar-refractivity contribution in [3.63, 3.8) is 0 Å². The van der Waals surface area contributed by atoms with Gasteiger partial charge in [0.2, 0.25) is 0 Å². The number of hydrogen-bond acceptors (Lipinski definition) is 3. The minimum Gasteiger partial charge on any atom is -0.293 e. The summed E-state index contributed by atoms with van der Waals surface area (Å²) in [6.45, 7) is 1.38. The fraction of sp³-hybridized carbons (Fsp3) is 0.556. The molecule has 0 spiro atoms. The summed E-state index contributed by atoms with van der Waals surface area (Å²) in [6, 6.07) is 4.12. The smallest absolute Gasteiger partial charge is 0.0863 e. The van der Waals surface area contributed by atoms with Gasteiger partial charge in [-0.05, 0) is 13.1 Å². The first-order chi connectivity index (χ1) is 6.24. The number of rotatable bonds is 4. The Morgan fingerprint density at radius 3 is 3.00 bits per heavy atom. The third kappa shape index (κ3) is 2.88. The van der Waals surface area contributed by atoms with Crippen LogP contribution in [-0.4, -0.2) is 34.8 Å². The first-order valence-corrected chi connectivity index (χ1v) is 4.26. The fourth-order valence-corrected chi connectivity index (χ4v) is 1.15. The maximum absolute atomic E-state index is 8.44. The summed E-state index contributed by atoms with van der Waals surface area (Å²) in [7, 11) is 3.87. The molecule has 0 atom stereocenters. The zero-order valence-corrected chi connectivity index (χ0v) is 8.06. The van der Waals surface area contributed by atoms with Gasteiger partial charge < -0.3 is 0 Å². The summed E-state index contributed by atoms with van der Waals surface area (Å²) in [6.07, 6.45) is 2.73. The zero-order valence-electron chi connectivity index (χ0n) is 8.06. The quantitative estimate of drug-likeness (QED) is 0.628. The van der Waals surface area contributed by atoms with Gasteiger partial charge in [0.1, 0.15) is 0 Å². The molecule has 0 saturated heterocycles. The zero-order chi connectivity index (χ0) is 9.68. The van der Waals surface area contributed by atoms with E-state index in [1.165, 1.54) is 5.69 Å². The lowest BCUT2D eigenvalue weighted by Crippen LogP contribution is -2.22. The van der Waals surface area contributed by atoms with Gasteiger partial charge in [0, 0.05) is 31.9 Å². The summed E-state index contributed by atoms with van der Waals surface area (Å²) < 4.78 is 1.86. The van der Waals surface area contributed by atoms with Crippen LogP contribution in [0.25, 0.3) is 0 Å². The number of aromatic nitrogens is 2. The van der Waals surface area contributed by atoms with Crippen LogP contribution in [-0.2, 0) is 13.5 Å². The van der Waals surface area contributed by atoms with Gasteiger partial charge in [-0.15, -0.1) is 0 Å². The molecular formula is C9H14N4. The minimum absolute atomic E-state index is 0.484. The lowest BCUT2D eigenvalue weighted by atomic mass is 10.3.